The number of rotatable bonds is 7. The van der Waals surface area contributed by atoms with E-state index in [4.69, 9.17) is 11.5 Å². The molecule has 1 heterocycles. The predicted octanol–water partition coefficient (Wildman–Crippen LogP) is 2.59. The molecule has 3 rings (SSSR count). The van der Waals surface area contributed by atoms with Gasteiger partial charge in [0, 0.05) is 24.8 Å². The van der Waals surface area contributed by atoms with Gasteiger partial charge in [0.2, 0.25) is 0 Å². The van der Waals surface area contributed by atoms with Gasteiger partial charge in [-0.2, -0.15) is 4.98 Å². The third kappa shape index (κ3) is 5.20. The van der Waals surface area contributed by atoms with Gasteiger partial charge in [0.1, 0.15) is 5.82 Å². The van der Waals surface area contributed by atoms with Crippen LogP contribution < -0.4 is 17.2 Å². The van der Waals surface area contributed by atoms with Gasteiger partial charge < -0.3 is 16.4 Å². The normalized spacial score (nSPS) is 21.0. The number of nitrogen functional groups attached to an aromatic ring is 1. The minimum Gasteiger partial charge on any atom is -0.383 e. The first-order valence-corrected chi connectivity index (χ1v) is 10.4. The van der Waals surface area contributed by atoms with E-state index in [-0.39, 0.29) is 11.5 Å². The van der Waals surface area contributed by atoms with Crippen molar-refractivity contribution in [2.45, 2.75) is 58.0 Å². The number of hydrogen-bond acceptors (Lipinski definition) is 5. The fourth-order valence-electron chi connectivity index (χ4n) is 4.33. The number of nitrogens with zero attached hydrogens (tertiary/aromatic N) is 3. The van der Waals surface area contributed by atoms with Crippen molar-refractivity contribution in [3.63, 3.8) is 0 Å². The van der Waals surface area contributed by atoms with E-state index < -0.39 is 0 Å². The maximum absolute atomic E-state index is 12.0. The van der Waals surface area contributed by atoms with Gasteiger partial charge >= 0.3 is 5.69 Å². The molecule has 152 valence electrons. The average Bonchev–Trinajstić information content (AvgIpc) is 2.67. The second kappa shape index (κ2) is 9.34. The second-order valence-electron chi connectivity index (χ2n) is 8.10. The summed E-state index contributed by atoms with van der Waals surface area (Å²) in [7, 11) is 0. The zero-order valence-electron chi connectivity index (χ0n) is 17.1. The molecule has 6 nitrogen and oxygen atoms in total. The topological polar surface area (TPSA) is 90.2 Å². The summed E-state index contributed by atoms with van der Waals surface area (Å²) < 4.78 is 1.51. The Morgan fingerprint density at radius 2 is 2.00 bits per heavy atom. The summed E-state index contributed by atoms with van der Waals surface area (Å²) in [6, 6.07) is 10.6. The zero-order chi connectivity index (χ0) is 20.1. The molecule has 2 aromatic rings. The second-order valence-corrected chi connectivity index (χ2v) is 8.10. The average molecular weight is 384 g/mol. The first kappa shape index (κ1) is 20.6. The van der Waals surface area contributed by atoms with E-state index in [1.165, 1.54) is 29.4 Å². The van der Waals surface area contributed by atoms with Crippen LogP contribution in [0.1, 0.15) is 45.1 Å². The van der Waals surface area contributed by atoms with Gasteiger partial charge in [-0.25, -0.2) is 4.79 Å². The summed E-state index contributed by atoms with van der Waals surface area (Å²) in [4.78, 5) is 18.4. The fraction of sp³-hybridized carbons (Fsp3) is 0.545. The molecule has 0 amide bonds. The Labute approximate surface area is 167 Å². The third-order valence-electron chi connectivity index (χ3n) is 5.92. The maximum atomic E-state index is 12.0. The van der Waals surface area contributed by atoms with E-state index in [1.807, 2.05) is 12.1 Å². The molecular formula is C22H33N5O. The largest absolute Gasteiger partial charge is 0.383 e. The maximum Gasteiger partial charge on any atom is 0.354 e. The van der Waals surface area contributed by atoms with Crippen molar-refractivity contribution in [1.29, 1.82) is 0 Å². The van der Waals surface area contributed by atoms with Crippen LogP contribution in [0.4, 0.5) is 5.82 Å². The minimum atomic E-state index is -0.357. The summed E-state index contributed by atoms with van der Waals surface area (Å²) in [5, 5.41) is 0. The van der Waals surface area contributed by atoms with Crippen LogP contribution in [0.15, 0.2) is 41.3 Å². The molecule has 0 aliphatic heterocycles. The highest BCUT2D eigenvalue weighted by atomic mass is 16.1. The molecule has 1 unspecified atom stereocenters. The number of nitrogens with two attached hydrogens (primary N) is 2. The third-order valence-corrected chi connectivity index (χ3v) is 5.92. The predicted molar refractivity (Wildman–Crippen MR) is 115 cm³/mol. The lowest BCUT2D eigenvalue weighted by atomic mass is 9.85. The van der Waals surface area contributed by atoms with Crippen LogP contribution >= 0.6 is 0 Å². The smallest absolute Gasteiger partial charge is 0.354 e. The lowest BCUT2D eigenvalue weighted by molar-refractivity contribution is 0.158. The van der Waals surface area contributed by atoms with Crippen LogP contribution in [0.25, 0.3) is 5.69 Å². The van der Waals surface area contributed by atoms with Crippen molar-refractivity contribution in [1.82, 2.24) is 14.5 Å². The monoisotopic (exact) mass is 383 g/mol. The standard InChI is InChI=1S/C22H33N5O/c1-3-26(15-18-5-4-6-19(23)14-18)16(2)13-17-7-9-20(10-8-17)27-12-11-21(24)25-22(27)28/h7-12,16,18-19H,3-6,13-15,23H2,1-2H3,(H2,24,25,28)/t16?,18-,19-/m0/s1. The Bertz CT molecular complexity index is 816. The molecular weight excluding hydrogens is 350 g/mol. The van der Waals surface area contributed by atoms with Gasteiger partial charge in [0.15, 0.2) is 0 Å². The molecule has 3 atom stereocenters. The molecule has 0 spiro atoms. The minimum absolute atomic E-state index is 0.241. The number of anilines is 1. The van der Waals surface area contributed by atoms with Crippen LogP contribution in [-0.2, 0) is 6.42 Å². The Morgan fingerprint density at radius 3 is 2.64 bits per heavy atom. The van der Waals surface area contributed by atoms with E-state index >= 15 is 0 Å². The molecule has 1 fully saturated rings. The number of benzene rings is 1. The van der Waals surface area contributed by atoms with Crippen LogP contribution in [0, 0.1) is 5.92 Å². The first-order valence-electron chi connectivity index (χ1n) is 10.4. The molecule has 1 aliphatic carbocycles. The van der Waals surface area contributed by atoms with E-state index in [0.717, 1.165) is 37.5 Å². The Morgan fingerprint density at radius 1 is 1.25 bits per heavy atom. The number of hydrogen-bond donors (Lipinski definition) is 2. The molecule has 0 bridgehead atoms. The lowest BCUT2D eigenvalue weighted by Crippen LogP contribution is -2.41. The molecule has 1 aromatic carbocycles. The fourth-order valence-corrected chi connectivity index (χ4v) is 4.33. The van der Waals surface area contributed by atoms with Gasteiger partial charge in [-0.1, -0.05) is 25.5 Å². The molecule has 1 saturated carbocycles. The van der Waals surface area contributed by atoms with Gasteiger partial charge in [-0.15, -0.1) is 0 Å². The highest BCUT2D eigenvalue weighted by Gasteiger charge is 2.23. The first-order chi connectivity index (χ1) is 13.5. The Hall–Kier alpha value is -2.18. The van der Waals surface area contributed by atoms with Crippen LogP contribution in [0.5, 0.6) is 0 Å². The number of likely N-dealkylation sites (N-methyl/N-ethyl adjacent to an activating group) is 1. The summed E-state index contributed by atoms with van der Waals surface area (Å²) in [5.74, 6) is 0.962. The molecule has 1 aliphatic rings. The molecule has 28 heavy (non-hydrogen) atoms. The highest BCUT2D eigenvalue weighted by Crippen LogP contribution is 2.25. The molecule has 0 saturated heterocycles. The summed E-state index contributed by atoms with van der Waals surface area (Å²) in [6.07, 6.45) is 7.55. The molecule has 4 N–H and O–H groups in total. The van der Waals surface area contributed by atoms with Crippen molar-refractivity contribution in [2.75, 3.05) is 18.8 Å². The van der Waals surface area contributed by atoms with Gasteiger partial charge in [0.05, 0.1) is 5.69 Å². The van der Waals surface area contributed by atoms with Crippen molar-refractivity contribution in [3.05, 3.63) is 52.6 Å². The SMILES string of the molecule is CCN(C[C@H]1CCC[C@H](N)C1)C(C)Cc1ccc(-n2ccc(N)nc2=O)cc1. The van der Waals surface area contributed by atoms with Crippen molar-refractivity contribution in [2.24, 2.45) is 11.7 Å². The van der Waals surface area contributed by atoms with Crippen molar-refractivity contribution in [3.8, 4) is 5.69 Å². The van der Waals surface area contributed by atoms with Gasteiger partial charge in [0.25, 0.3) is 0 Å². The highest BCUT2D eigenvalue weighted by molar-refractivity contribution is 5.36. The zero-order valence-corrected chi connectivity index (χ0v) is 17.1. The van der Waals surface area contributed by atoms with Crippen LogP contribution in [0.2, 0.25) is 0 Å². The molecule has 1 aromatic heterocycles. The number of aromatic nitrogens is 2. The molecule has 0 radical (unpaired) electrons. The summed E-state index contributed by atoms with van der Waals surface area (Å²) in [5.41, 5.74) is 13.4. The van der Waals surface area contributed by atoms with Crippen molar-refractivity contribution < 1.29 is 0 Å². The molecule has 6 heteroatoms. The Kier molecular flexibility index (Phi) is 6.86. The van der Waals surface area contributed by atoms with Crippen molar-refractivity contribution >= 4 is 5.82 Å². The van der Waals surface area contributed by atoms with Crippen LogP contribution in [0.3, 0.4) is 0 Å². The van der Waals surface area contributed by atoms with E-state index in [1.54, 1.807) is 12.3 Å². The summed E-state index contributed by atoms with van der Waals surface area (Å²) in [6.45, 7) is 6.73. The van der Waals surface area contributed by atoms with E-state index in [9.17, 15) is 4.79 Å². The van der Waals surface area contributed by atoms with E-state index in [2.05, 4.69) is 35.9 Å². The van der Waals surface area contributed by atoms with E-state index in [0.29, 0.717) is 12.1 Å². The quantitative estimate of drug-likeness (QED) is 0.767. The summed E-state index contributed by atoms with van der Waals surface area (Å²) >= 11 is 0. The van der Waals surface area contributed by atoms with Gasteiger partial charge in [-0.05, 0) is 68.8 Å². The van der Waals surface area contributed by atoms with Gasteiger partial charge in [-0.3, -0.25) is 4.57 Å². The lowest BCUT2D eigenvalue weighted by Gasteiger charge is -2.35. The van der Waals surface area contributed by atoms with Crippen LogP contribution in [-0.4, -0.2) is 39.6 Å². The Balaban J connectivity index is 1.62.